The minimum Gasteiger partial charge on any atom is -0.462 e. The molecule has 5 unspecified atom stereocenters. The third kappa shape index (κ3) is 76.2. The lowest BCUT2D eigenvalue weighted by atomic mass is 10.0. The summed E-state index contributed by atoms with van der Waals surface area (Å²) >= 11 is 0. The molecule has 0 saturated heterocycles. The number of hydrogen-bond donors (Lipinski definition) is 3. The summed E-state index contributed by atoms with van der Waals surface area (Å²) in [5.74, 6) is -2.23. The smallest absolute Gasteiger partial charge is 0.462 e. The van der Waals surface area contributed by atoms with Gasteiger partial charge in [-0.2, -0.15) is 0 Å². The zero-order valence-electron chi connectivity index (χ0n) is 65.9. The van der Waals surface area contributed by atoms with Gasteiger partial charge in [0.1, 0.15) is 19.3 Å². The van der Waals surface area contributed by atoms with Crippen molar-refractivity contribution in [3.05, 3.63) is 97.2 Å². The molecule has 0 saturated carbocycles. The molecule has 5 atom stereocenters. The molecule has 3 N–H and O–H groups in total. The van der Waals surface area contributed by atoms with Gasteiger partial charge in [-0.25, -0.2) is 9.13 Å². The van der Waals surface area contributed by atoms with E-state index in [1.807, 2.05) is 12.2 Å². The monoisotopic (exact) mass is 1510 g/mol. The zero-order valence-corrected chi connectivity index (χ0v) is 67.7. The van der Waals surface area contributed by atoms with Crippen molar-refractivity contribution in [1.29, 1.82) is 0 Å². The van der Waals surface area contributed by atoms with Gasteiger partial charge in [-0.15, -0.1) is 0 Å². The highest BCUT2D eigenvalue weighted by Crippen LogP contribution is 2.45. The molecular formula is C85H150O17P2. The highest BCUT2D eigenvalue weighted by molar-refractivity contribution is 7.47. The third-order valence-electron chi connectivity index (χ3n) is 17.6. The fourth-order valence-corrected chi connectivity index (χ4v) is 12.8. The third-order valence-corrected chi connectivity index (χ3v) is 19.5. The van der Waals surface area contributed by atoms with Gasteiger partial charge in [0.2, 0.25) is 0 Å². The van der Waals surface area contributed by atoms with E-state index in [1.54, 1.807) is 0 Å². The lowest BCUT2D eigenvalue weighted by Crippen LogP contribution is -2.30. The van der Waals surface area contributed by atoms with E-state index in [1.165, 1.54) is 135 Å². The number of carbonyl (C=O) groups is 4. The van der Waals surface area contributed by atoms with E-state index in [0.717, 1.165) is 141 Å². The Labute approximate surface area is 633 Å². The summed E-state index contributed by atoms with van der Waals surface area (Å²) in [6.45, 7) is 4.72. The molecule has 0 spiro atoms. The summed E-state index contributed by atoms with van der Waals surface area (Å²) in [7, 11) is -9.97. The van der Waals surface area contributed by atoms with Crippen LogP contribution in [0.4, 0.5) is 0 Å². The Morgan fingerprint density at radius 2 is 0.510 bits per heavy atom. The van der Waals surface area contributed by atoms with Gasteiger partial charge in [-0.3, -0.25) is 37.3 Å². The zero-order chi connectivity index (χ0) is 76.0. The van der Waals surface area contributed by atoms with Crippen LogP contribution in [0.1, 0.15) is 362 Å². The number of esters is 4. The van der Waals surface area contributed by atoms with E-state index in [0.29, 0.717) is 32.1 Å². The van der Waals surface area contributed by atoms with E-state index in [-0.39, 0.29) is 25.7 Å². The molecule has 0 bridgehead atoms. The molecule has 104 heavy (non-hydrogen) atoms. The molecule has 0 amide bonds. The molecule has 0 fully saturated rings. The molecule has 0 aromatic heterocycles. The van der Waals surface area contributed by atoms with Crippen LogP contribution in [0.25, 0.3) is 0 Å². The second-order valence-electron chi connectivity index (χ2n) is 27.7. The van der Waals surface area contributed by atoms with Crippen molar-refractivity contribution in [2.24, 2.45) is 0 Å². The van der Waals surface area contributed by atoms with Crippen LogP contribution in [-0.2, 0) is 65.4 Å². The Hall–Kier alpha value is -4.02. The van der Waals surface area contributed by atoms with E-state index in [2.05, 4.69) is 113 Å². The van der Waals surface area contributed by atoms with Crippen LogP contribution in [0.5, 0.6) is 0 Å². The number of hydrogen-bond acceptors (Lipinski definition) is 15. The maximum atomic E-state index is 13.1. The largest absolute Gasteiger partial charge is 0.472 e. The maximum Gasteiger partial charge on any atom is 0.472 e. The van der Waals surface area contributed by atoms with Crippen LogP contribution in [-0.4, -0.2) is 96.7 Å². The van der Waals surface area contributed by atoms with Crippen molar-refractivity contribution in [3.8, 4) is 0 Å². The summed E-state index contributed by atoms with van der Waals surface area (Å²) in [4.78, 5) is 73.1. The predicted octanol–water partition coefficient (Wildman–Crippen LogP) is 24.3. The number of phosphoric ester groups is 2. The van der Waals surface area contributed by atoms with Crippen LogP contribution >= 0.6 is 15.6 Å². The summed E-state index contributed by atoms with van der Waals surface area (Å²) in [6, 6.07) is 0. The number of aliphatic hydroxyl groups is 1. The molecule has 0 aliphatic rings. The van der Waals surface area contributed by atoms with Gasteiger partial charge in [-0.1, -0.05) is 330 Å². The Morgan fingerprint density at radius 3 is 0.827 bits per heavy atom. The van der Waals surface area contributed by atoms with Crippen LogP contribution in [0.3, 0.4) is 0 Å². The van der Waals surface area contributed by atoms with Crippen molar-refractivity contribution < 1.29 is 80.2 Å². The standard InChI is InChI=1S/C85H150O17P2/c1-5-9-13-17-21-25-29-33-36-38-39-41-44-47-50-54-58-62-66-70-83(88)96-76-81(102-85(90)72-68-64-60-56-52-48-42-35-31-27-23-19-15-11-7-3)78-100-104(93,94)98-74-79(86)73-97-103(91,92)99-77-80(101-84(89)71-67-63-59-55-51-45-32-28-24-20-16-12-8-4)75-95-82(87)69-65-61-57-53-49-46-43-40-37-34-30-26-22-18-14-10-6-2/h10,14,21-22,25-26,33-34,36-37,39,41,43,46,53,57,79-81,86H,5-9,11-13,15-20,23-24,27-32,35,38,40,42,44-45,47-52,54-56,58-78H2,1-4H3,(H,91,92)(H,93,94)/b14-10-,25-21-,26-22-,36-33-,37-34-,41-39-,46-43-,57-53-. The highest BCUT2D eigenvalue weighted by Gasteiger charge is 2.30. The average Bonchev–Trinajstić information content (AvgIpc) is 0.918. The summed E-state index contributed by atoms with van der Waals surface area (Å²) in [6.07, 6.45) is 82.4. The van der Waals surface area contributed by atoms with Gasteiger partial charge in [-0.05, 0) is 103 Å². The molecule has 17 nitrogen and oxygen atoms in total. The molecule has 0 radical (unpaired) electrons. The second kappa shape index (κ2) is 77.1. The number of unbranched alkanes of at least 4 members (excludes halogenated alkanes) is 36. The number of allylic oxidation sites excluding steroid dienone is 16. The number of carbonyl (C=O) groups excluding carboxylic acids is 4. The molecule has 19 heteroatoms. The van der Waals surface area contributed by atoms with Gasteiger partial charge >= 0.3 is 39.5 Å². The fourth-order valence-electron chi connectivity index (χ4n) is 11.3. The summed E-state index contributed by atoms with van der Waals surface area (Å²) in [5.41, 5.74) is 0. The van der Waals surface area contributed by atoms with Crippen LogP contribution < -0.4 is 0 Å². The van der Waals surface area contributed by atoms with Crippen LogP contribution in [0.2, 0.25) is 0 Å². The first-order chi connectivity index (χ1) is 50.7. The number of rotatable bonds is 78. The van der Waals surface area contributed by atoms with E-state index in [9.17, 15) is 43.2 Å². The lowest BCUT2D eigenvalue weighted by Gasteiger charge is -2.21. The quantitative estimate of drug-likeness (QED) is 0.0169. The van der Waals surface area contributed by atoms with E-state index >= 15 is 0 Å². The van der Waals surface area contributed by atoms with Gasteiger partial charge < -0.3 is 33.8 Å². The van der Waals surface area contributed by atoms with Gasteiger partial charge in [0.15, 0.2) is 12.2 Å². The number of aliphatic hydroxyl groups excluding tert-OH is 1. The van der Waals surface area contributed by atoms with Crippen LogP contribution in [0.15, 0.2) is 97.2 Å². The minimum atomic E-state index is -4.99. The maximum absolute atomic E-state index is 13.1. The number of ether oxygens (including phenoxy) is 4. The van der Waals surface area contributed by atoms with Gasteiger partial charge in [0.05, 0.1) is 26.4 Å². The van der Waals surface area contributed by atoms with Crippen molar-refractivity contribution >= 4 is 39.5 Å². The molecule has 0 rings (SSSR count). The van der Waals surface area contributed by atoms with Crippen molar-refractivity contribution in [1.82, 2.24) is 0 Å². The van der Waals surface area contributed by atoms with Gasteiger partial charge in [0.25, 0.3) is 0 Å². The summed E-state index contributed by atoms with van der Waals surface area (Å²) in [5, 5.41) is 10.7. The number of phosphoric acid groups is 2. The highest BCUT2D eigenvalue weighted by atomic mass is 31.2. The average molecular weight is 1510 g/mol. The summed E-state index contributed by atoms with van der Waals surface area (Å²) < 4.78 is 68.7. The first-order valence-electron chi connectivity index (χ1n) is 41.5. The topological polar surface area (TPSA) is 237 Å². The first-order valence-corrected chi connectivity index (χ1v) is 44.5. The first kappa shape index (κ1) is 100.0. The Bertz CT molecular complexity index is 2350. The van der Waals surface area contributed by atoms with Crippen molar-refractivity contribution in [2.75, 3.05) is 39.6 Å². The molecule has 0 aliphatic carbocycles. The molecule has 0 aromatic carbocycles. The minimum absolute atomic E-state index is 0.0853. The van der Waals surface area contributed by atoms with Crippen molar-refractivity contribution in [3.63, 3.8) is 0 Å². The molecule has 0 aliphatic heterocycles. The lowest BCUT2D eigenvalue weighted by molar-refractivity contribution is -0.161. The fraction of sp³-hybridized carbons (Fsp3) is 0.765. The molecule has 0 heterocycles. The molecular weight excluding hydrogens is 1350 g/mol. The van der Waals surface area contributed by atoms with Crippen molar-refractivity contribution in [2.45, 2.75) is 380 Å². The SMILES string of the molecule is CC/C=C\C/C=C\C/C=C\C/C=C\C/C=C\CCCC(=O)OCC(COP(=O)(O)OCC(O)COP(=O)(O)OCC(COC(=O)CCCCCCCC/C=C\C/C=C\C/C=C\CCCCC)OC(=O)CCCCCCCCCCCCCCCCC)OC(=O)CCCCCCCCCCCCCCC. The predicted molar refractivity (Wildman–Crippen MR) is 427 cm³/mol. The van der Waals surface area contributed by atoms with E-state index in [4.69, 9.17) is 37.0 Å². The molecule has 602 valence electrons. The Kier molecular flexibility index (Phi) is 74.2. The van der Waals surface area contributed by atoms with E-state index < -0.39 is 97.5 Å². The Morgan fingerprint density at radius 1 is 0.279 bits per heavy atom. The van der Waals surface area contributed by atoms with Gasteiger partial charge in [0, 0.05) is 25.7 Å². The van der Waals surface area contributed by atoms with Crippen LogP contribution in [0, 0.1) is 0 Å². The normalized spacial score (nSPS) is 14.3. The second-order valence-corrected chi connectivity index (χ2v) is 30.6. The Balaban J connectivity index is 5.37. The molecule has 0 aromatic rings.